The number of carbonyl (C=O) groups excluding carboxylic acids is 2. The van der Waals surface area contributed by atoms with E-state index in [0.29, 0.717) is 28.6 Å². The van der Waals surface area contributed by atoms with Crippen molar-refractivity contribution >= 4 is 29.1 Å². The average Bonchev–Trinajstić information content (AvgIpc) is 2.94. The summed E-state index contributed by atoms with van der Waals surface area (Å²) in [4.78, 5) is 26.9. The first-order valence-corrected chi connectivity index (χ1v) is 11.9. The monoisotopic (exact) mass is 514 g/mol. The number of urea groups is 2. The number of benzene rings is 4. The first-order valence-electron chi connectivity index (χ1n) is 11.9. The standard InChI is InChI=1S/C29H27FN4O4/c1-37-23-15-11-21(12-16-23)32-28(35)31-19-20-34(29(36)33-27-10-6-5-9-26(27)30)22-13-17-25(18-14-22)38-24-7-3-2-4-8-24/h2-18H,19-20H2,1H3,(H,33,36)(H2,31,32,35). The van der Waals surface area contributed by atoms with Gasteiger partial charge in [0.1, 0.15) is 23.1 Å². The molecule has 0 fully saturated rings. The van der Waals surface area contributed by atoms with Crippen LogP contribution in [0, 0.1) is 5.82 Å². The Labute approximate surface area is 220 Å². The lowest BCUT2D eigenvalue weighted by Gasteiger charge is -2.24. The summed E-state index contributed by atoms with van der Waals surface area (Å²) in [6.07, 6.45) is 0. The van der Waals surface area contributed by atoms with Crippen LogP contribution in [0.25, 0.3) is 0 Å². The smallest absolute Gasteiger partial charge is 0.326 e. The molecule has 4 aromatic rings. The SMILES string of the molecule is COc1ccc(NC(=O)NCCN(C(=O)Nc2ccccc2F)c2ccc(Oc3ccccc3)cc2)cc1. The normalized spacial score (nSPS) is 10.3. The van der Waals surface area contributed by atoms with Gasteiger partial charge in [-0.3, -0.25) is 4.90 Å². The number of rotatable bonds is 9. The third-order valence-electron chi connectivity index (χ3n) is 5.46. The molecule has 0 saturated heterocycles. The van der Waals surface area contributed by atoms with Gasteiger partial charge in [-0.05, 0) is 72.8 Å². The summed E-state index contributed by atoms with van der Waals surface area (Å²) in [6.45, 7) is 0.254. The zero-order valence-corrected chi connectivity index (χ0v) is 20.7. The number of hydrogen-bond acceptors (Lipinski definition) is 4. The van der Waals surface area contributed by atoms with E-state index in [1.807, 2.05) is 30.3 Å². The van der Waals surface area contributed by atoms with Crippen molar-refractivity contribution in [1.82, 2.24) is 5.32 Å². The lowest BCUT2D eigenvalue weighted by Crippen LogP contribution is -2.42. The van der Waals surface area contributed by atoms with Crippen LogP contribution in [-0.4, -0.2) is 32.3 Å². The van der Waals surface area contributed by atoms with Crippen LogP contribution in [0.3, 0.4) is 0 Å². The first-order chi connectivity index (χ1) is 18.5. The van der Waals surface area contributed by atoms with Crippen LogP contribution in [0.1, 0.15) is 0 Å². The molecule has 0 bridgehead atoms. The highest BCUT2D eigenvalue weighted by atomic mass is 19.1. The Morgan fingerprint density at radius 2 is 1.39 bits per heavy atom. The second-order valence-electron chi connectivity index (χ2n) is 8.08. The molecule has 0 heterocycles. The van der Waals surface area contributed by atoms with E-state index in [2.05, 4.69) is 16.0 Å². The molecule has 0 unspecified atom stereocenters. The highest BCUT2D eigenvalue weighted by molar-refractivity contribution is 6.02. The van der Waals surface area contributed by atoms with Crippen molar-refractivity contribution in [2.75, 3.05) is 35.7 Å². The number of ether oxygens (including phenoxy) is 2. The Hall–Kier alpha value is -5.05. The van der Waals surface area contributed by atoms with E-state index in [9.17, 15) is 14.0 Å². The molecule has 4 aromatic carbocycles. The Morgan fingerprint density at radius 1 is 0.763 bits per heavy atom. The highest BCUT2D eigenvalue weighted by Crippen LogP contribution is 2.25. The van der Waals surface area contributed by atoms with Gasteiger partial charge in [0.05, 0.1) is 12.8 Å². The third-order valence-corrected chi connectivity index (χ3v) is 5.46. The van der Waals surface area contributed by atoms with E-state index in [4.69, 9.17) is 9.47 Å². The maximum absolute atomic E-state index is 14.2. The molecule has 3 N–H and O–H groups in total. The molecule has 0 aliphatic carbocycles. The van der Waals surface area contributed by atoms with Crippen LogP contribution in [0.5, 0.6) is 17.2 Å². The van der Waals surface area contributed by atoms with E-state index >= 15 is 0 Å². The molecule has 0 aliphatic heterocycles. The molecule has 4 amide bonds. The summed E-state index contributed by atoms with van der Waals surface area (Å²) in [7, 11) is 1.56. The molecule has 0 saturated carbocycles. The molecule has 194 valence electrons. The van der Waals surface area contributed by atoms with E-state index in [-0.39, 0.29) is 18.8 Å². The summed E-state index contributed by atoms with van der Waals surface area (Å²) in [6, 6.07) is 28.0. The number of amides is 4. The minimum absolute atomic E-state index is 0.0525. The third kappa shape index (κ3) is 7.23. The van der Waals surface area contributed by atoms with Gasteiger partial charge < -0.3 is 25.4 Å². The maximum Gasteiger partial charge on any atom is 0.326 e. The number of anilines is 3. The molecule has 9 heteroatoms. The van der Waals surface area contributed by atoms with Crippen molar-refractivity contribution in [3.05, 3.63) is 109 Å². The zero-order chi connectivity index (χ0) is 26.7. The van der Waals surface area contributed by atoms with E-state index in [1.165, 1.54) is 17.0 Å². The quantitative estimate of drug-likeness (QED) is 0.238. The lowest BCUT2D eigenvalue weighted by atomic mass is 10.2. The molecule has 4 rings (SSSR count). The number of methoxy groups -OCH3 is 1. The van der Waals surface area contributed by atoms with Gasteiger partial charge >= 0.3 is 12.1 Å². The fourth-order valence-electron chi connectivity index (χ4n) is 3.54. The summed E-state index contributed by atoms with van der Waals surface area (Å²) in [5.41, 5.74) is 1.18. The maximum atomic E-state index is 14.2. The second kappa shape index (κ2) is 12.8. The van der Waals surface area contributed by atoms with Crippen LogP contribution < -0.4 is 30.3 Å². The van der Waals surface area contributed by atoms with Gasteiger partial charge in [0.2, 0.25) is 0 Å². The van der Waals surface area contributed by atoms with Crippen LogP contribution in [0.15, 0.2) is 103 Å². The fourth-order valence-corrected chi connectivity index (χ4v) is 3.54. The van der Waals surface area contributed by atoms with Crippen LogP contribution in [0.4, 0.5) is 31.0 Å². The summed E-state index contributed by atoms with van der Waals surface area (Å²) in [5.74, 6) is 1.39. The van der Waals surface area contributed by atoms with Gasteiger partial charge in [0, 0.05) is 24.5 Å². The topological polar surface area (TPSA) is 91.9 Å². The Balaban J connectivity index is 1.42. The van der Waals surface area contributed by atoms with Crippen LogP contribution >= 0.6 is 0 Å². The Morgan fingerprint density at radius 3 is 2.08 bits per heavy atom. The van der Waals surface area contributed by atoms with E-state index in [0.717, 1.165) is 0 Å². The van der Waals surface area contributed by atoms with Crippen molar-refractivity contribution in [2.45, 2.75) is 0 Å². The van der Waals surface area contributed by atoms with Gasteiger partial charge in [-0.1, -0.05) is 30.3 Å². The van der Waals surface area contributed by atoms with Crippen molar-refractivity contribution in [3.8, 4) is 17.2 Å². The zero-order valence-electron chi connectivity index (χ0n) is 20.7. The molecular weight excluding hydrogens is 487 g/mol. The Kier molecular flexibility index (Phi) is 8.75. The number of carbonyl (C=O) groups is 2. The minimum Gasteiger partial charge on any atom is -0.497 e. The predicted octanol–water partition coefficient (Wildman–Crippen LogP) is 6.49. The molecule has 0 atom stereocenters. The average molecular weight is 515 g/mol. The molecule has 38 heavy (non-hydrogen) atoms. The number of para-hydroxylation sites is 2. The molecule has 8 nitrogen and oxygen atoms in total. The van der Waals surface area contributed by atoms with E-state index < -0.39 is 17.9 Å². The number of halogens is 1. The molecule has 0 spiro atoms. The highest BCUT2D eigenvalue weighted by Gasteiger charge is 2.18. The summed E-state index contributed by atoms with van der Waals surface area (Å²) in [5, 5.41) is 8.05. The second-order valence-corrected chi connectivity index (χ2v) is 8.08. The molecule has 0 aliphatic rings. The minimum atomic E-state index is -0.552. The molecule has 0 aromatic heterocycles. The summed E-state index contributed by atoms with van der Waals surface area (Å²) < 4.78 is 25.1. The van der Waals surface area contributed by atoms with Crippen molar-refractivity contribution < 1.29 is 23.5 Å². The molecule has 0 radical (unpaired) electrons. The summed E-state index contributed by atoms with van der Waals surface area (Å²) >= 11 is 0. The number of hydrogen-bond donors (Lipinski definition) is 3. The number of nitrogens with zero attached hydrogens (tertiary/aromatic N) is 1. The van der Waals surface area contributed by atoms with Gasteiger partial charge in [0.25, 0.3) is 0 Å². The van der Waals surface area contributed by atoms with Crippen molar-refractivity contribution in [3.63, 3.8) is 0 Å². The lowest BCUT2D eigenvalue weighted by molar-refractivity contribution is 0.250. The van der Waals surface area contributed by atoms with Gasteiger partial charge in [-0.25, -0.2) is 14.0 Å². The van der Waals surface area contributed by atoms with Crippen molar-refractivity contribution in [2.24, 2.45) is 0 Å². The Bertz CT molecular complexity index is 1350. The first kappa shape index (κ1) is 26.0. The fraction of sp³-hybridized carbons (Fsp3) is 0.103. The molecular formula is C29H27FN4O4. The van der Waals surface area contributed by atoms with Gasteiger partial charge in [0.15, 0.2) is 0 Å². The van der Waals surface area contributed by atoms with Gasteiger partial charge in [-0.15, -0.1) is 0 Å². The largest absolute Gasteiger partial charge is 0.497 e. The van der Waals surface area contributed by atoms with Gasteiger partial charge in [-0.2, -0.15) is 0 Å². The van der Waals surface area contributed by atoms with E-state index in [1.54, 1.807) is 67.8 Å². The number of nitrogens with one attached hydrogen (secondary N) is 3. The predicted molar refractivity (Wildman–Crippen MR) is 146 cm³/mol. The van der Waals surface area contributed by atoms with Crippen molar-refractivity contribution in [1.29, 1.82) is 0 Å². The van der Waals surface area contributed by atoms with Crippen LogP contribution in [-0.2, 0) is 0 Å². The van der Waals surface area contributed by atoms with Crippen LogP contribution in [0.2, 0.25) is 0 Å².